The summed E-state index contributed by atoms with van der Waals surface area (Å²) in [5.41, 5.74) is 0.984. The van der Waals surface area contributed by atoms with Crippen molar-refractivity contribution in [2.75, 3.05) is 0 Å². The number of nitrogens with one attached hydrogen (secondary N) is 1. The van der Waals surface area contributed by atoms with Gasteiger partial charge in [0.15, 0.2) is 0 Å². The van der Waals surface area contributed by atoms with E-state index in [9.17, 15) is 0 Å². The van der Waals surface area contributed by atoms with Gasteiger partial charge in [-0.3, -0.25) is 0 Å². The fourth-order valence-corrected chi connectivity index (χ4v) is 1.96. The molecule has 0 atom stereocenters. The van der Waals surface area contributed by atoms with Crippen LogP contribution in [-0.2, 0) is 6.54 Å². The van der Waals surface area contributed by atoms with E-state index in [1.165, 1.54) is 0 Å². The highest BCUT2D eigenvalue weighted by Crippen LogP contribution is 2.26. The van der Waals surface area contributed by atoms with E-state index in [1.54, 1.807) is 0 Å². The molecule has 102 valence electrons. The van der Waals surface area contributed by atoms with Gasteiger partial charge in [0.1, 0.15) is 0 Å². The second-order valence-electron chi connectivity index (χ2n) is 5.07. The average Bonchev–Trinajstić information content (AvgIpc) is 2.86. The molecule has 5 heteroatoms. The van der Waals surface area contributed by atoms with E-state index in [1.807, 2.05) is 24.3 Å². The van der Waals surface area contributed by atoms with Crippen LogP contribution in [0, 0.1) is 0 Å². The first-order valence-electron chi connectivity index (χ1n) is 6.34. The Kier molecular flexibility index (Phi) is 4.37. The highest BCUT2D eigenvalue weighted by atomic mass is 79.9. The molecule has 2 aromatic rings. The van der Waals surface area contributed by atoms with Crippen LogP contribution in [0.4, 0.5) is 0 Å². The molecule has 4 nitrogen and oxygen atoms in total. The molecule has 0 spiro atoms. The molecule has 0 unspecified atom stereocenters. The summed E-state index contributed by atoms with van der Waals surface area (Å²) in [5.74, 6) is 1.14. The van der Waals surface area contributed by atoms with Crippen molar-refractivity contribution >= 4 is 15.9 Å². The Hall–Kier alpha value is -1.20. The zero-order valence-corrected chi connectivity index (χ0v) is 13.0. The van der Waals surface area contributed by atoms with Gasteiger partial charge >= 0.3 is 0 Å². The summed E-state index contributed by atoms with van der Waals surface area (Å²) in [5, 5.41) is 11.6. The van der Waals surface area contributed by atoms with E-state index in [0.29, 0.717) is 18.3 Å². The van der Waals surface area contributed by atoms with Gasteiger partial charge in [0.25, 0.3) is 0 Å². The number of rotatable bonds is 5. The molecular formula is C14H18BrN3O. The minimum atomic E-state index is 0.0714. The lowest BCUT2D eigenvalue weighted by atomic mass is 10.0. The Morgan fingerprint density at radius 2 is 2.00 bits per heavy atom. The highest BCUT2D eigenvalue weighted by Gasteiger charge is 2.16. The van der Waals surface area contributed by atoms with Crippen LogP contribution in [0.3, 0.4) is 0 Å². The second-order valence-corrected chi connectivity index (χ2v) is 5.93. The monoisotopic (exact) mass is 323 g/mol. The molecule has 0 aliphatic carbocycles. The SMILES string of the molecule is CCC(C)(C)NCc1nnc(-c2ccccc2Br)o1. The molecule has 1 aromatic heterocycles. The summed E-state index contributed by atoms with van der Waals surface area (Å²) in [6.45, 7) is 7.03. The third-order valence-electron chi connectivity index (χ3n) is 3.17. The van der Waals surface area contributed by atoms with E-state index in [0.717, 1.165) is 16.5 Å². The first kappa shape index (κ1) is 14.2. The largest absolute Gasteiger partial charge is 0.419 e. The van der Waals surface area contributed by atoms with Gasteiger partial charge in [0.05, 0.1) is 12.1 Å². The lowest BCUT2D eigenvalue weighted by Crippen LogP contribution is -2.37. The summed E-state index contributed by atoms with van der Waals surface area (Å²) < 4.78 is 6.63. The Balaban J connectivity index is 2.10. The number of benzene rings is 1. The Morgan fingerprint density at radius 1 is 1.26 bits per heavy atom. The lowest BCUT2D eigenvalue weighted by molar-refractivity contribution is 0.348. The molecule has 0 fully saturated rings. The van der Waals surface area contributed by atoms with Crippen LogP contribution in [0.2, 0.25) is 0 Å². The summed E-state index contributed by atoms with van der Waals surface area (Å²) in [4.78, 5) is 0. The van der Waals surface area contributed by atoms with Crippen molar-refractivity contribution in [3.8, 4) is 11.5 Å². The number of nitrogens with zero attached hydrogens (tertiary/aromatic N) is 2. The van der Waals surface area contributed by atoms with E-state index in [2.05, 4.69) is 52.2 Å². The van der Waals surface area contributed by atoms with Gasteiger partial charge in [-0.15, -0.1) is 10.2 Å². The molecule has 19 heavy (non-hydrogen) atoms. The van der Waals surface area contributed by atoms with Gasteiger partial charge in [-0.25, -0.2) is 0 Å². The lowest BCUT2D eigenvalue weighted by Gasteiger charge is -2.23. The van der Waals surface area contributed by atoms with Crippen molar-refractivity contribution in [1.29, 1.82) is 0 Å². The Morgan fingerprint density at radius 3 is 2.68 bits per heavy atom. The molecule has 0 saturated carbocycles. The van der Waals surface area contributed by atoms with Crippen LogP contribution in [-0.4, -0.2) is 15.7 Å². The molecule has 0 aliphatic heterocycles. The molecule has 1 N–H and O–H groups in total. The van der Waals surface area contributed by atoms with E-state index >= 15 is 0 Å². The minimum absolute atomic E-state index is 0.0714. The molecule has 0 saturated heterocycles. The van der Waals surface area contributed by atoms with Crippen molar-refractivity contribution in [2.45, 2.75) is 39.3 Å². The van der Waals surface area contributed by atoms with Crippen molar-refractivity contribution < 1.29 is 4.42 Å². The quantitative estimate of drug-likeness (QED) is 0.909. The maximum absolute atomic E-state index is 5.68. The topological polar surface area (TPSA) is 51.0 Å². The van der Waals surface area contributed by atoms with Gasteiger partial charge in [-0.05, 0) is 48.3 Å². The summed E-state index contributed by atoms with van der Waals surface area (Å²) in [6.07, 6.45) is 1.04. The molecule has 0 radical (unpaired) electrons. The molecule has 0 amide bonds. The fourth-order valence-electron chi connectivity index (χ4n) is 1.51. The van der Waals surface area contributed by atoms with Crippen LogP contribution in [0.5, 0.6) is 0 Å². The van der Waals surface area contributed by atoms with Crippen molar-refractivity contribution in [1.82, 2.24) is 15.5 Å². The average molecular weight is 324 g/mol. The fraction of sp³-hybridized carbons (Fsp3) is 0.429. The van der Waals surface area contributed by atoms with Crippen molar-refractivity contribution in [3.05, 3.63) is 34.6 Å². The minimum Gasteiger partial charge on any atom is -0.419 e. The smallest absolute Gasteiger partial charge is 0.248 e. The Labute approximate surface area is 121 Å². The van der Waals surface area contributed by atoms with Crippen LogP contribution in [0.15, 0.2) is 33.2 Å². The van der Waals surface area contributed by atoms with E-state index < -0.39 is 0 Å². The summed E-state index contributed by atoms with van der Waals surface area (Å²) in [7, 11) is 0. The van der Waals surface area contributed by atoms with Gasteiger partial charge in [0, 0.05) is 10.0 Å². The van der Waals surface area contributed by atoms with Crippen LogP contribution in [0.25, 0.3) is 11.5 Å². The third kappa shape index (κ3) is 3.64. The van der Waals surface area contributed by atoms with Crippen LogP contribution in [0.1, 0.15) is 33.1 Å². The predicted molar refractivity (Wildman–Crippen MR) is 78.6 cm³/mol. The van der Waals surface area contributed by atoms with Gasteiger partial charge in [-0.1, -0.05) is 19.1 Å². The molecule has 1 heterocycles. The first-order valence-corrected chi connectivity index (χ1v) is 7.13. The summed E-state index contributed by atoms with van der Waals surface area (Å²) in [6, 6.07) is 7.81. The normalized spacial score (nSPS) is 11.8. The second kappa shape index (κ2) is 5.84. The van der Waals surface area contributed by atoms with E-state index in [-0.39, 0.29) is 5.54 Å². The van der Waals surface area contributed by atoms with Crippen LogP contribution >= 0.6 is 15.9 Å². The molecule has 1 aromatic carbocycles. The maximum atomic E-state index is 5.68. The van der Waals surface area contributed by atoms with Crippen molar-refractivity contribution in [2.24, 2.45) is 0 Å². The van der Waals surface area contributed by atoms with Crippen LogP contribution < -0.4 is 5.32 Å². The molecule has 0 bridgehead atoms. The first-order chi connectivity index (χ1) is 9.02. The van der Waals surface area contributed by atoms with Gasteiger partial charge in [-0.2, -0.15) is 0 Å². The zero-order chi connectivity index (χ0) is 13.9. The Bertz CT molecular complexity index is 551. The number of hydrogen-bond donors (Lipinski definition) is 1. The number of aromatic nitrogens is 2. The zero-order valence-electron chi connectivity index (χ0n) is 11.4. The van der Waals surface area contributed by atoms with Gasteiger partial charge < -0.3 is 9.73 Å². The maximum Gasteiger partial charge on any atom is 0.248 e. The van der Waals surface area contributed by atoms with Gasteiger partial charge in [0.2, 0.25) is 11.8 Å². The van der Waals surface area contributed by atoms with Crippen molar-refractivity contribution in [3.63, 3.8) is 0 Å². The van der Waals surface area contributed by atoms with E-state index in [4.69, 9.17) is 4.42 Å². The molecule has 0 aliphatic rings. The third-order valence-corrected chi connectivity index (χ3v) is 3.86. The predicted octanol–water partition coefficient (Wildman–Crippen LogP) is 3.78. The number of hydrogen-bond acceptors (Lipinski definition) is 4. The summed E-state index contributed by atoms with van der Waals surface area (Å²) >= 11 is 3.48. The standard InChI is InChI=1S/C14H18BrN3O/c1-4-14(2,3)16-9-12-17-18-13(19-12)10-7-5-6-8-11(10)15/h5-8,16H,4,9H2,1-3H3. The molecular weight excluding hydrogens is 306 g/mol. The number of halogens is 1. The highest BCUT2D eigenvalue weighted by molar-refractivity contribution is 9.10. The molecule has 2 rings (SSSR count).